The van der Waals surface area contributed by atoms with E-state index in [1.165, 1.54) is 17.8 Å². The smallest absolute Gasteiger partial charge is 0.333 e. The maximum atomic E-state index is 11.1. The van der Waals surface area contributed by atoms with E-state index in [1.54, 1.807) is 13.8 Å². The number of ether oxygens (including phenoxy) is 1. The van der Waals surface area contributed by atoms with E-state index in [9.17, 15) is 9.59 Å². The van der Waals surface area contributed by atoms with Crippen molar-refractivity contribution in [2.24, 2.45) is 0 Å². The summed E-state index contributed by atoms with van der Waals surface area (Å²) in [4.78, 5) is 21.8. The van der Waals surface area contributed by atoms with Crippen molar-refractivity contribution in [3.8, 4) is 0 Å². The average Bonchev–Trinajstić information content (AvgIpc) is 2.33. The average molecular weight is 201 g/mol. The van der Waals surface area contributed by atoms with Gasteiger partial charge >= 0.3 is 5.97 Å². The van der Waals surface area contributed by atoms with Gasteiger partial charge in [0.1, 0.15) is 0 Å². The number of rotatable bonds is 2. The van der Waals surface area contributed by atoms with Gasteiger partial charge in [0.2, 0.25) is 5.91 Å². The van der Waals surface area contributed by atoms with Crippen LogP contribution in [-0.2, 0) is 14.3 Å². The molecule has 0 aromatic heterocycles. The van der Waals surface area contributed by atoms with Crippen LogP contribution in [0.15, 0.2) is 11.1 Å². The standard InChI is InChI=1S/C8H11NO3S/c1-5(2)12-8(11)3-7-9-6(10)4-13-7/h3,5H,4H2,1-2H3,(H,9,10)/b7-3-. The Morgan fingerprint density at radius 1 is 1.69 bits per heavy atom. The van der Waals surface area contributed by atoms with Crippen LogP contribution in [0, 0.1) is 0 Å². The Kier molecular flexibility index (Phi) is 3.36. The van der Waals surface area contributed by atoms with Crippen molar-refractivity contribution in [2.75, 3.05) is 5.75 Å². The van der Waals surface area contributed by atoms with E-state index < -0.39 is 5.97 Å². The number of hydrogen-bond acceptors (Lipinski definition) is 4. The minimum Gasteiger partial charge on any atom is -0.460 e. The van der Waals surface area contributed by atoms with E-state index in [-0.39, 0.29) is 12.0 Å². The fraction of sp³-hybridized carbons (Fsp3) is 0.500. The molecule has 72 valence electrons. The first-order chi connectivity index (χ1) is 6.08. The van der Waals surface area contributed by atoms with Gasteiger partial charge in [0, 0.05) is 0 Å². The number of carbonyl (C=O) groups is 2. The Labute approximate surface area is 80.7 Å². The number of carbonyl (C=O) groups excluding carboxylic acids is 2. The van der Waals surface area contributed by atoms with Crippen LogP contribution in [0.4, 0.5) is 0 Å². The highest BCUT2D eigenvalue weighted by atomic mass is 32.2. The first kappa shape index (κ1) is 10.1. The summed E-state index contributed by atoms with van der Waals surface area (Å²) in [5.41, 5.74) is 0. The molecule has 1 fully saturated rings. The van der Waals surface area contributed by atoms with Gasteiger partial charge in [-0.05, 0) is 13.8 Å². The lowest BCUT2D eigenvalue weighted by Crippen LogP contribution is -2.16. The molecule has 1 rings (SSSR count). The van der Waals surface area contributed by atoms with Crippen LogP contribution in [0.2, 0.25) is 0 Å². The van der Waals surface area contributed by atoms with Gasteiger partial charge in [-0.1, -0.05) is 11.8 Å². The summed E-state index contributed by atoms with van der Waals surface area (Å²) in [6, 6.07) is 0. The first-order valence-corrected chi connectivity index (χ1v) is 4.91. The second kappa shape index (κ2) is 4.32. The maximum Gasteiger partial charge on any atom is 0.333 e. The minimum atomic E-state index is -0.417. The molecule has 0 saturated carbocycles. The van der Waals surface area contributed by atoms with Crippen LogP contribution in [0.1, 0.15) is 13.8 Å². The zero-order valence-electron chi connectivity index (χ0n) is 7.49. The molecule has 0 atom stereocenters. The Hall–Kier alpha value is -0.970. The van der Waals surface area contributed by atoms with E-state index in [4.69, 9.17) is 4.74 Å². The monoisotopic (exact) mass is 201 g/mol. The summed E-state index contributed by atoms with van der Waals surface area (Å²) in [5, 5.41) is 3.11. The third-order valence-electron chi connectivity index (χ3n) is 1.22. The molecule has 0 radical (unpaired) electrons. The van der Waals surface area contributed by atoms with Gasteiger partial charge in [0.15, 0.2) is 0 Å². The maximum absolute atomic E-state index is 11.1. The summed E-state index contributed by atoms with van der Waals surface area (Å²) in [5.74, 6) is -0.117. The van der Waals surface area contributed by atoms with Crippen molar-refractivity contribution < 1.29 is 14.3 Å². The highest BCUT2D eigenvalue weighted by molar-refractivity contribution is 8.04. The molecule has 0 aliphatic carbocycles. The molecule has 0 bridgehead atoms. The van der Waals surface area contributed by atoms with Gasteiger partial charge in [-0.3, -0.25) is 4.79 Å². The van der Waals surface area contributed by atoms with Crippen molar-refractivity contribution in [2.45, 2.75) is 20.0 Å². The quantitative estimate of drug-likeness (QED) is 0.526. The van der Waals surface area contributed by atoms with Gasteiger partial charge in [-0.25, -0.2) is 4.79 Å². The minimum absolute atomic E-state index is 0.0754. The van der Waals surface area contributed by atoms with Gasteiger partial charge in [-0.2, -0.15) is 0 Å². The Balaban J connectivity index is 2.46. The Morgan fingerprint density at radius 2 is 2.38 bits per heavy atom. The molecule has 1 N–H and O–H groups in total. The summed E-state index contributed by atoms with van der Waals surface area (Å²) in [7, 11) is 0. The van der Waals surface area contributed by atoms with Crippen molar-refractivity contribution in [3.05, 3.63) is 11.1 Å². The molecule has 1 aliphatic heterocycles. The van der Waals surface area contributed by atoms with Crippen LogP contribution in [-0.4, -0.2) is 23.7 Å². The normalized spacial score (nSPS) is 19.3. The van der Waals surface area contributed by atoms with Crippen molar-refractivity contribution in [1.82, 2.24) is 5.32 Å². The molecule has 1 aliphatic rings. The number of hydrogen-bond donors (Lipinski definition) is 1. The molecule has 13 heavy (non-hydrogen) atoms. The van der Waals surface area contributed by atoms with E-state index >= 15 is 0 Å². The largest absolute Gasteiger partial charge is 0.460 e. The van der Waals surface area contributed by atoms with Gasteiger partial charge in [-0.15, -0.1) is 0 Å². The van der Waals surface area contributed by atoms with Crippen LogP contribution < -0.4 is 5.32 Å². The summed E-state index contributed by atoms with van der Waals surface area (Å²) in [6.07, 6.45) is 1.17. The Morgan fingerprint density at radius 3 is 2.85 bits per heavy atom. The van der Waals surface area contributed by atoms with Gasteiger partial charge in [0.25, 0.3) is 0 Å². The first-order valence-electron chi connectivity index (χ1n) is 3.93. The lowest BCUT2D eigenvalue weighted by molar-refractivity contribution is -0.141. The lowest BCUT2D eigenvalue weighted by atomic mass is 10.5. The van der Waals surface area contributed by atoms with Crippen molar-refractivity contribution in [3.63, 3.8) is 0 Å². The van der Waals surface area contributed by atoms with Gasteiger partial charge in [0.05, 0.1) is 23.0 Å². The molecule has 1 saturated heterocycles. The van der Waals surface area contributed by atoms with E-state index in [0.717, 1.165) is 0 Å². The molecular weight excluding hydrogens is 190 g/mol. The highest BCUT2D eigenvalue weighted by Crippen LogP contribution is 2.18. The molecule has 4 nitrogen and oxygen atoms in total. The van der Waals surface area contributed by atoms with E-state index in [2.05, 4.69) is 5.32 Å². The highest BCUT2D eigenvalue weighted by Gasteiger charge is 2.16. The number of esters is 1. The third kappa shape index (κ3) is 3.50. The fourth-order valence-electron chi connectivity index (χ4n) is 0.804. The van der Waals surface area contributed by atoms with E-state index in [1.807, 2.05) is 0 Å². The number of nitrogens with one attached hydrogen (secondary N) is 1. The zero-order chi connectivity index (χ0) is 9.84. The summed E-state index contributed by atoms with van der Waals surface area (Å²) >= 11 is 1.31. The molecule has 1 heterocycles. The van der Waals surface area contributed by atoms with Crippen LogP contribution in [0.25, 0.3) is 0 Å². The van der Waals surface area contributed by atoms with Crippen molar-refractivity contribution >= 4 is 23.6 Å². The molecule has 0 unspecified atom stereocenters. The van der Waals surface area contributed by atoms with Gasteiger partial charge < -0.3 is 10.1 Å². The molecule has 0 aromatic rings. The lowest BCUT2D eigenvalue weighted by Gasteiger charge is -2.04. The fourth-order valence-corrected chi connectivity index (χ4v) is 1.53. The van der Waals surface area contributed by atoms with Crippen LogP contribution in [0.3, 0.4) is 0 Å². The summed E-state index contributed by atoms with van der Waals surface area (Å²) in [6.45, 7) is 3.55. The number of thioether (sulfide) groups is 1. The molecule has 0 aromatic carbocycles. The second-order valence-corrected chi connectivity index (χ2v) is 3.85. The SMILES string of the molecule is CC(C)OC(=O)/C=C1/NC(=O)CS1. The van der Waals surface area contributed by atoms with Crippen LogP contribution >= 0.6 is 11.8 Å². The van der Waals surface area contributed by atoms with E-state index in [0.29, 0.717) is 10.8 Å². The molecule has 0 spiro atoms. The topological polar surface area (TPSA) is 55.4 Å². The number of amides is 1. The second-order valence-electron chi connectivity index (χ2n) is 2.83. The van der Waals surface area contributed by atoms with Crippen LogP contribution in [0.5, 0.6) is 0 Å². The molecular formula is C8H11NO3S. The predicted octanol–water partition coefficient (Wildman–Crippen LogP) is 0.642. The Bertz CT molecular complexity index is 260. The molecule has 1 amide bonds. The van der Waals surface area contributed by atoms with Crippen molar-refractivity contribution in [1.29, 1.82) is 0 Å². The molecule has 5 heteroatoms. The third-order valence-corrected chi connectivity index (χ3v) is 2.16. The predicted molar refractivity (Wildman–Crippen MR) is 49.9 cm³/mol. The zero-order valence-corrected chi connectivity index (χ0v) is 8.31. The summed E-state index contributed by atoms with van der Waals surface area (Å²) < 4.78 is 4.87.